The summed E-state index contributed by atoms with van der Waals surface area (Å²) in [5.74, 6) is 0. The number of piperidine rings is 2. The van der Waals surface area contributed by atoms with Crippen LogP contribution in [0.1, 0.15) is 43.2 Å². The molecule has 2 atom stereocenters. The van der Waals surface area contributed by atoms with Crippen LogP contribution in [0.25, 0.3) is 0 Å². The third-order valence-electron chi connectivity index (χ3n) is 4.92. The van der Waals surface area contributed by atoms with E-state index >= 15 is 0 Å². The van der Waals surface area contributed by atoms with Crippen molar-refractivity contribution >= 4 is 0 Å². The van der Waals surface area contributed by atoms with E-state index in [1.54, 1.807) is 12.1 Å². The summed E-state index contributed by atoms with van der Waals surface area (Å²) in [6, 6.07) is 10.6. The molecule has 0 amide bonds. The van der Waals surface area contributed by atoms with Gasteiger partial charge in [0.1, 0.15) is 0 Å². The van der Waals surface area contributed by atoms with E-state index in [1.807, 2.05) is 12.1 Å². The maximum Gasteiger partial charge on any atom is 0.0991 e. The summed E-state index contributed by atoms with van der Waals surface area (Å²) in [7, 11) is 2.19. The van der Waals surface area contributed by atoms with Crippen LogP contribution in [0.5, 0.6) is 0 Å². The Labute approximate surface area is 114 Å². The van der Waals surface area contributed by atoms with Gasteiger partial charge in [-0.3, -0.25) is 0 Å². The van der Waals surface area contributed by atoms with E-state index in [-0.39, 0.29) is 0 Å². The molecule has 0 radical (unpaired) electrons. The van der Waals surface area contributed by atoms with Crippen LogP contribution in [0.4, 0.5) is 0 Å². The summed E-state index contributed by atoms with van der Waals surface area (Å²) < 4.78 is 0. The number of nitrogens with zero attached hydrogens (tertiary/aromatic N) is 2. The standard InChI is InChI=1S/C16H20N2O/c1-18-14-3-2-4-15(18)10-16(19,9-14)13-7-5-12(11-17)6-8-13/h5-8,14-15,19H,2-4,9-10H2,1H3. The largest absolute Gasteiger partial charge is 0.385 e. The van der Waals surface area contributed by atoms with Crippen molar-refractivity contribution in [2.24, 2.45) is 0 Å². The highest BCUT2D eigenvalue weighted by Gasteiger charge is 2.44. The quantitative estimate of drug-likeness (QED) is 0.839. The first-order valence-corrected chi connectivity index (χ1v) is 7.07. The molecular formula is C16H20N2O. The fourth-order valence-corrected chi connectivity index (χ4v) is 3.74. The Balaban J connectivity index is 1.88. The van der Waals surface area contributed by atoms with Gasteiger partial charge in [0.2, 0.25) is 0 Å². The van der Waals surface area contributed by atoms with Crippen LogP contribution in [0.2, 0.25) is 0 Å². The van der Waals surface area contributed by atoms with Crippen molar-refractivity contribution in [3.63, 3.8) is 0 Å². The Morgan fingerprint density at radius 2 is 1.79 bits per heavy atom. The first kappa shape index (κ1) is 12.7. The number of nitriles is 1. The maximum atomic E-state index is 11.0. The third-order valence-corrected chi connectivity index (χ3v) is 4.92. The van der Waals surface area contributed by atoms with E-state index in [9.17, 15) is 5.11 Å². The number of benzene rings is 1. The average molecular weight is 256 g/mol. The van der Waals surface area contributed by atoms with Gasteiger partial charge in [-0.2, -0.15) is 5.26 Å². The average Bonchev–Trinajstić information content (AvgIpc) is 2.41. The van der Waals surface area contributed by atoms with Crippen molar-refractivity contribution in [3.8, 4) is 6.07 Å². The molecule has 3 rings (SSSR count). The summed E-state index contributed by atoms with van der Waals surface area (Å²) in [5.41, 5.74) is 0.910. The van der Waals surface area contributed by atoms with Gasteiger partial charge in [-0.15, -0.1) is 0 Å². The van der Waals surface area contributed by atoms with Gasteiger partial charge in [0.25, 0.3) is 0 Å². The molecule has 2 unspecified atom stereocenters. The lowest BCUT2D eigenvalue weighted by Gasteiger charge is -2.50. The van der Waals surface area contributed by atoms with Gasteiger partial charge < -0.3 is 10.0 Å². The molecule has 0 aromatic heterocycles. The third kappa shape index (κ3) is 2.16. The maximum absolute atomic E-state index is 11.0. The zero-order valence-electron chi connectivity index (χ0n) is 11.3. The Bertz CT molecular complexity index is 488. The van der Waals surface area contributed by atoms with Gasteiger partial charge in [-0.25, -0.2) is 0 Å². The van der Waals surface area contributed by atoms with Crippen LogP contribution in [-0.2, 0) is 5.60 Å². The minimum absolute atomic E-state index is 0.494. The lowest BCUT2D eigenvalue weighted by atomic mass is 9.73. The number of hydrogen-bond donors (Lipinski definition) is 1. The highest BCUT2D eigenvalue weighted by Crippen LogP contribution is 2.43. The van der Waals surface area contributed by atoms with Crippen molar-refractivity contribution in [1.82, 2.24) is 4.90 Å². The second-order valence-electron chi connectivity index (χ2n) is 6.03. The molecule has 2 heterocycles. The van der Waals surface area contributed by atoms with Crippen LogP contribution < -0.4 is 0 Å². The molecule has 3 nitrogen and oxygen atoms in total. The Morgan fingerprint density at radius 3 is 2.32 bits per heavy atom. The summed E-state index contributed by atoms with van der Waals surface area (Å²) >= 11 is 0. The highest BCUT2D eigenvalue weighted by molar-refractivity contribution is 5.34. The number of hydrogen-bond acceptors (Lipinski definition) is 3. The van der Waals surface area contributed by atoms with Gasteiger partial charge in [0.05, 0.1) is 17.2 Å². The van der Waals surface area contributed by atoms with E-state index in [0.717, 1.165) is 18.4 Å². The Kier molecular flexibility index (Phi) is 3.08. The van der Waals surface area contributed by atoms with E-state index in [4.69, 9.17) is 5.26 Å². The monoisotopic (exact) mass is 256 g/mol. The number of aliphatic hydroxyl groups is 1. The van der Waals surface area contributed by atoms with Crippen LogP contribution in [0.3, 0.4) is 0 Å². The van der Waals surface area contributed by atoms with E-state index in [0.29, 0.717) is 17.6 Å². The molecular weight excluding hydrogens is 236 g/mol. The summed E-state index contributed by atoms with van der Waals surface area (Å²) in [6.07, 6.45) is 5.28. The second kappa shape index (κ2) is 4.63. The molecule has 100 valence electrons. The van der Waals surface area contributed by atoms with Gasteiger partial charge >= 0.3 is 0 Å². The van der Waals surface area contributed by atoms with Crippen LogP contribution >= 0.6 is 0 Å². The van der Waals surface area contributed by atoms with Gasteiger partial charge in [0, 0.05) is 12.1 Å². The van der Waals surface area contributed by atoms with E-state index < -0.39 is 5.60 Å². The van der Waals surface area contributed by atoms with Crippen molar-refractivity contribution < 1.29 is 5.11 Å². The van der Waals surface area contributed by atoms with Crippen LogP contribution in [0, 0.1) is 11.3 Å². The number of fused-ring (bicyclic) bond motifs is 2. The summed E-state index contributed by atoms with van der Waals surface area (Å²) in [4.78, 5) is 2.45. The molecule has 19 heavy (non-hydrogen) atoms. The minimum atomic E-state index is -0.712. The Morgan fingerprint density at radius 1 is 1.21 bits per heavy atom. The van der Waals surface area contributed by atoms with Crippen LogP contribution in [0.15, 0.2) is 24.3 Å². The van der Waals surface area contributed by atoms with Gasteiger partial charge in [-0.05, 0) is 50.4 Å². The molecule has 1 aromatic carbocycles. The molecule has 2 bridgehead atoms. The van der Waals surface area contributed by atoms with Crippen molar-refractivity contribution in [2.45, 2.75) is 49.8 Å². The molecule has 0 spiro atoms. The lowest BCUT2D eigenvalue weighted by molar-refractivity contribution is -0.0874. The van der Waals surface area contributed by atoms with E-state index in [2.05, 4.69) is 18.0 Å². The molecule has 2 fully saturated rings. The predicted octanol–water partition coefficient (Wildman–Crippen LogP) is 2.39. The SMILES string of the molecule is CN1C2CCCC1CC(O)(c1ccc(C#N)cc1)C2. The predicted molar refractivity (Wildman–Crippen MR) is 73.5 cm³/mol. The van der Waals surface area contributed by atoms with Crippen molar-refractivity contribution in [1.29, 1.82) is 5.26 Å². The molecule has 0 saturated carbocycles. The van der Waals surface area contributed by atoms with E-state index in [1.165, 1.54) is 19.3 Å². The Hall–Kier alpha value is -1.37. The molecule has 2 saturated heterocycles. The summed E-state index contributed by atoms with van der Waals surface area (Å²) in [5, 5.41) is 19.9. The minimum Gasteiger partial charge on any atom is -0.385 e. The second-order valence-corrected chi connectivity index (χ2v) is 6.03. The summed E-state index contributed by atoms with van der Waals surface area (Å²) in [6.45, 7) is 0. The smallest absolute Gasteiger partial charge is 0.0991 e. The molecule has 0 aliphatic carbocycles. The first-order chi connectivity index (χ1) is 9.12. The molecule has 2 aliphatic heterocycles. The topological polar surface area (TPSA) is 47.3 Å². The molecule has 3 heteroatoms. The highest BCUT2D eigenvalue weighted by atomic mass is 16.3. The van der Waals surface area contributed by atoms with Gasteiger partial charge in [-0.1, -0.05) is 18.6 Å². The van der Waals surface area contributed by atoms with Gasteiger partial charge in [0.15, 0.2) is 0 Å². The number of rotatable bonds is 1. The zero-order valence-corrected chi connectivity index (χ0v) is 11.3. The lowest BCUT2D eigenvalue weighted by Crippen LogP contribution is -2.55. The fraction of sp³-hybridized carbons (Fsp3) is 0.562. The first-order valence-electron chi connectivity index (χ1n) is 7.07. The molecule has 2 aliphatic rings. The van der Waals surface area contributed by atoms with Crippen molar-refractivity contribution in [3.05, 3.63) is 35.4 Å². The molecule has 1 N–H and O–H groups in total. The normalized spacial score (nSPS) is 34.8. The molecule has 1 aromatic rings. The fourth-order valence-electron chi connectivity index (χ4n) is 3.74. The van der Waals surface area contributed by atoms with Crippen LogP contribution in [-0.4, -0.2) is 29.1 Å². The zero-order chi connectivity index (χ0) is 13.5. The van der Waals surface area contributed by atoms with Crippen molar-refractivity contribution in [2.75, 3.05) is 7.05 Å².